The monoisotopic (exact) mass is 455 g/mol. The van der Waals surface area contributed by atoms with Gasteiger partial charge in [-0.25, -0.2) is 4.68 Å². The SMILES string of the molecule is Cc1noc(C2CCCN(Cn3nc(N4CCOCC4)n(Cc4ccccc4)c3=S)C2)n1. The molecule has 0 radical (unpaired) electrons. The first-order valence-corrected chi connectivity index (χ1v) is 11.6. The van der Waals surface area contributed by atoms with Gasteiger partial charge in [0, 0.05) is 19.6 Å². The Balaban J connectivity index is 1.39. The maximum Gasteiger partial charge on any atom is 0.231 e. The van der Waals surface area contributed by atoms with Gasteiger partial charge in [0.1, 0.15) is 0 Å². The van der Waals surface area contributed by atoms with Crippen molar-refractivity contribution in [2.24, 2.45) is 0 Å². The molecule has 5 rings (SSSR count). The average Bonchev–Trinajstić information content (AvgIpc) is 3.39. The first kappa shape index (κ1) is 21.3. The summed E-state index contributed by atoms with van der Waals surface area (Å²) in [5, 5.41) is 8.94. The molecule has 0 saturated carbocycles. The quantitative estimate of drug-likeness (QED) is 0.525. The first-order chi connectivity index (χ1) is 15.7. The largest absolute Gasteiger partial charge is 0.378 e. The van der Waals surface area contributed by atoms with E-state index in [4.69, 9.17) is 26.6 Å². The van der Waals surface area contributed by atoms with Gasteiger partial charge in [0.2, 0.25) is 16.6 Å². The third-order valence-corrected chi connectivity index (χ3v) is 6.54. The van der Waals surface area contributed by atoms with E-state index in [2.05, 4.69) is 48.8 Å². The van der Waals surface area contributed by atoms with Crippen LogP contribution in [0.3, 0.4) is 0 Å². The van der Waals surface area contributed by atoms with Crippen LogP contribution in [0.2, 0.25) is 0 Å². The molecule has 0 N–H and O–H groups in total. The number of hydrogen-bond acceptors (Lipinski definition) is 8. The standard InChI is InChI=1S/C22H29N7O2S/c1-17-23-20(31-25-17)19-8-5-9-26(15-19)16-29-22(32)28(14-18-6-3-2-4-7-18)21(24-29)27-10-12-30-13-11-27/h2-4,6-7,19H,5,8-16H2,1H3. The second kappa shape index (κ2) is 9.51. The lowest BCUT2D eigenvalue weighted by atomic mass is 9.98. The molecule has 1 unspecified atom stereocenters. The molecule has 3 aromatic rings. The molecule has 4 heterocycles. The predicted octanol–water partition coefficient (Wildman–Crippen LogP) is 2.83. The number of anilines is 1. The number of likely N-dealkylation sites (tertiary alicyclic amines) is 1. The minimum absolute atomic E-state index is 0.254. The van der Waals surface area contributed by atoms with Crippen molar-refractivity contribution in [3.63, 3.8) is 0 Å². The van der Waals surface area contributed by atoms with Crippen molar-refractivity contribution in [2.75, 3.05) is 44.3 Å². The van der Waals surface area contributed by atoms with E-state index in [0.29, 0.717) is 32.3 Å². The van der Waals surface area contributed by atoms with Crippen LogP contribution in [0.25, 0.3) is 0 Å². The summed E-state index contributed by atoms with van der Waals surface area (Å²) in [6.45, 7) is 8.15. The molecule has 10 heteroatoms. The lowest BCUT2D eigenvalue weighted by Gasteiger charge is -2.30. The van der Waals surface area contributed by atoms with Gasteiger partial charge in [-0.15, -0.1) is 5.10 Å². The van der Waals surface area contributed by atoms with Crippen LogP contribution in [0.15, 0.2) is 34.9 Å². The Morgan fingerprint density at radius 1 is 1.12 bits per heavy atom. The molecule has 1 aromatic carbocycles. The zero-order valence-corrected chi connectivity index (χ0v) is 19.2. The second-order valence-electron chi connectivity index (χ2n) is 8.49. The number of ether oxygens (including phenoxy) is 1. The lowest BCUT2D eigenvalue weighted by molar-refractivity contribution is 0.121. The summed E-state index contributed by atoms with van der Waals surface area (Å²) >= 11 is 5.91. The Labute approximate surface area is 192 Å². The van der Waals surface area contributed by atoms with Crippen LogP contribution < -0.4 is 4.90 Å². The molecule has 0 amide bonds. The fourth-order valence-corrected chi connectivity index (χ4v) is 4.72. The smallest absolute Gasteiger partial charge is 0.231 e. The van der Waals surface area contributed by atoms with Crippen LogP contribution in [0.1, 0.15) is 36.0 Å². The molecular formula is C22H29N7O2S. The summed E-state index contributed by atoms with van der Waals surface area (Å²) in [4.78, 5) is 9.11. The summed E-state index contributed by atoms with van der Waals surface area (Å²) in [5.41, 5.74) is 1.21. The van der Waals surface area contributed by atoms with Crippen molar-refractivity contribution >= 4 is 18.2 Å². The Kier molecular flexibility index (Phi) is 6.33. The first-order valence-electron chi connectivity index (χ1n) is 11.2. The number of benzene rings is 1. The molecule has 0 spiro atoms. The maximum absolute atomic E-state index is 5.91. The van der Waals surface area contributed by atoms with Gasteiger partial charge in [-0.2, -0.15) is 4.98 Å². The van der Waals surface area contributed by atoms with Crippen molar-refractivity contribution in [3.8, 4) is 0 Å². The van der Waals surface area contributed by atoms with Crippen LogP contribution in [0, 0.1) is 11.7 Å². The number of nitrogens with zero attached hydrogens (tertiary/aromatic N) is 7. The molecule has 2 fully saturated rings. The van der Waals surface area contributed by atoms with Gasteiger partial charge in [0.25, 0.3) is 0 Å². The van der Waals surface area contributed by atoms with E-state index in [-0.39, 0.29) is 5.92 Å². The molecule has 2 aliphatic rings. The van der Waals surface area contributed by atoms with Gasteiger partial charge in [0.15, 0.2) is 5.82 Å². The molecule has 2 aliphatic heterocycles. The summed E-state index contributed by atoms with van der Waals surface area (Å²) in [6.07, 6.45) is 2.14. The van der Waals surface area contributed by atoms with Crippen LogP contribution in [-0.4, -0.2) is 68.8 Å². The zero-order chi connectivity index (χ0) is 21.9. The lowest BCUT2D eigenvalue weighted by Crippen LogP contribution is -2.38. The molecule has 2 saturated heterocycles. The third kappa shape index (κ3) is 4.62. The van der Waals surface area contributed by atoms with E-state index in [9.17, 15) is 0 Å². The minimum Gasteiger partial charge on any atom is -0.378 e. The van der Waals surface area contributed by atoms with Gasteiger partial charge in [-0.3, -0.25) is 9.47 Å². The highest BCUT2D eigenvalue weighted by molar-refractivity contribution is 7.71. The molecule has 1 atom stereocenters. The van der Waals surface area contributed by atoms with E-state index in [1.54, 1.807) is 0 Å². The zero-order valence-electron chi connectivity index (χ0n) is 18.4. The fourth-order valence-electron chi connectivity index (χ4n) is 4.48. The van der Waals surface area contributed by atoms with E-state index in [0.717, 1.165) is 55.6 Å². The number of morpholine rings is 1. The van der Waals surface area contributed by atoms with E-state index < -0.39 is 0 Å². The van der Waals surface area contributed by atoms with Crippen LogP contribution in [0.5, 0.6) is 0 Å². The second-order valence-corrected chi connectivity index (χ2v) is 8.86. The summed E-state index contributed by atoms with van der Waals surface area (Å²) in [7, 11) is 0. The molecule has 0 bridgehead atoms. The Morgan fingerprint density at radius 2 is 1.94 bits per heavy atom. The highest BCUT2D eigenvalue weighted by Crippen LogP contribution is 2.26. The number of aryl methyl sites for hydroxylation is 1. The molecule has 170 valence electrons. The van der Waals surface area contributed by atoms with Crippen LogP contribution >= 0.6 is 12.2 Å². The molecule has 0 aliphatic carbocycles. The average molecular weight is 456 g/mol. The minimum atomic E-state index is 0.254. The van der Waals surface area contributed by atoms with Gasteiger partial charge in [-0.1, -0.05) is 35.5 Å². The Morgan fingerprint density at radius 3 is 2.69 bits per heavy atom. The highest BCUT2D eigenvalue weighted by Gasteiger charge is 2.27. The van der Waals surface area contributed by atoms with Crippen molar-refractivity contribution in [1.82, 2.24) is 29.4 Å². The van der Waals surface area contributed by atoms with E-state index in [1.807, 2.05) is 17.7 Å². The summed E-state index contributed by atoms with van der Waals surface area (Å²) in [5.74, 6) is 2.60. The third-order valence-electron chi connectivity index (χ3n) is 6.11. The van der Waals surface area contributed by atoms with Crippen LogP contribution in [0.4, 0.5) is 5.95 Å². The van der Waals surface area contributed by atoms with Crippen molar-refractivity contribution in [2.45, 2.75) is 38.9 Å². The van der Waals surface area contributed by atoms with Crippen molar-refractivity contribution < 1.29 is 9.26 Å². The summed E-state index contributed by atoms with van der Waals surface area (Å²) < 4.78 is 15.9. The molecule has 2 aromatic heterocycles. The van der Waals surface area contributed by atoms with Gasteiger partial charge < -0.3 is 14.2 Å². The van der Waals surface area contributed by atoms with Crippen molar-refractivity contribution in [1.29, 1.82) is 0 Å². The van der Waals surface area contributed by atoms with Crippen molar-refractivity contribution in [3.05, 3.63) is 52.4 Å². The van der Waals surface area contributed by atoms with Gasteiger partial charge >= 0.3 is 0 Å². The Bertz CT molecular complexity index is 1090. The van der Waals surface area contributed by atoms with Gasteiger partial charge in [-0.05, 0) is 44.1 Å². The van der Waals surface area contributed by atoms with Gasteiger partial charge in [0.05, 0.1) is 32.3 Å². The van der Waals surface area contributed by atoms with Crippen LogP contribution in [-0.2, 0) is 18.0 Å². The highest BCUT2D eigenvalue weighted by atomic mass is 32.1. The molecule has 32 heavy (non-hydrogen) atoms. The molecule has 9 nitrogen and oxygen atoms in total. The predicted molar refractivity (Wildman–Crippen MR) is 122 cm³/mol. The maximum atomic E-state index is 5.91. The number of aromatic nitrogens is 5. The molecular weight excluding hydrogens is 426 g/mol. The van der Waals surface area contributed by atoms with E-state index >= 15 is 0 Å². The summed E-state index contributed by atoms with van der Waals surface area (Å²) in [6, 6.07) is 10.4. The topological polar surface area (TPSA) is 77.4 Å². The Hall–Kier alpha value is -2.56. The number of piperidine rings is 1. The van der Waals surface area contributed by atoms with E-state index in [1.165, 1.54) is 5.56 Å². The fraction of sp³-hybridized carbons (Fsp3) is 0.545. The number of hydrogen-bond donors (Lipinski definition) is 0. The number of rotatable bonds is 6. The normalized spacial score (nSPS) is 20.0.